The van der Waals surface area contributed by atoms with Crippen LogP contribution < -0.4 is 31.9 Å². The summed E-state index contributed by atoms with van der Waals surface area (Å²) in [4.78, 5) is 76.2. The summed E-state index contributed by atoms with van der Waals surface area (Å²) in [6.45, 7) is 11.8. The number of benzene rings is 5. The Morgan fingerprint density at radius 1 is 0.611 bits per heavy atom. The molecule has 0 bridgehead atoms. The minimum atomic E-state index is -0.749. The van der Waals surface area contributed by atoms with Gasteiger partial charge in [0.1, 0.15) is 28.9 Å². The SMILES string of the molecule is CC(C)(COCc1ccccc1)NC(=O)Nc1ccc([N+](=O)[O-])cc1O.CC(C)C(=C=O)NC(=O)Nc1ccc([N+](=O)[O-])cc1O.CC(NC(=O)Nc1ccc([N+](=O)[O-])cc1O)C(C)OCc1ccccc1. The van der Waals surface area contributed by atoms with Gasteiger partial charge in [-0.25, -0.2) is 19.2 Å². The summed E-state index contributed by atoms with van der Waals surface area (Å²) in [5.41, 5.74) is 0.792. The highest BCUT2D eigenvalue weighted by Crippen LogP contribution is 2.30. The van der Waals surface area contributed by atoms with Crippen molar-refractivity contribution in [2.75, 3.05) is 22.6 Å². The molecule has 0 fully saturated rings. The van der Waals surface area contributed by atoms with Crippen LogP contribution in [0.4, 0.5) is 48.5 Å². The van der Waals surface area contributed by atoms with Gasteiger partial charge in [0.15, 0.2) is 0 Å². The molecule has 0 heterocycles. The van der Waals surface area contributed by atoms with Gasteiger partial charge >= 0.3 is 18.1 Å². The summed E-state index contributed by atoms with van der Waals surface area (Å²) < 4.78 is 11.4. The Hall–Kier alpha value is -9.12. The van der Waals surface area contributed by atoms with Crippen LogP contribution in [0, 0.1) is 36.3 Å². The highest BCUT2D eigenvalue weighted by Gasteiger charge is 2.23. The highest BCUT2D eigenvalue weighted by molar-refractivity contribution is 5.93. The lowest BCUT2D eigenvalue weighted by molar-refractivity contribution is -0.385. The summed E-state index contributed by atoms with van der Waals surface area (Å²) in [6, 6.07) is 27.3. The van der Waals surface area contributed by atoms with Crippen LogP contribution in [-0.4, -0.2) is 78.4 Å². The number of carbonyl (C=O) groups excluding carboxylic acids is 4. The van der Waals surface area contributed by atoms with Crippen LogP contribution in [0.25, 0.3) is 0 Å². The van der Waals surface area contributed by atoms with Crippen molar-refractivity contribution in [3.8, 4) is 17.2 Å². The zero-order valence-electron chi connectivity index (χ0n) is 39.9. The average Bonchev–Trinajstić information content (AvgIpc) is 3.32. The van der Waals surface area contributed by atoms with E-state index in [4.69, 9.17) is 9.47 Å². The molecule has 72 heavy (non-hydrogen) atoms. The molecule has 2 unspecified atom stereocenters. The minimum Gasteiger partial charge on any atom is -0.506 e. The molecular formula is C48H55N9O15. The molecule has 382 valence electrons. The monoisotopic (exact) mass is 997 g/mol. The summed E-state index contributed by atoms with van der Waals surface area (Å²) >= 11 is 0. The van der Waals surface area contributed by atoms with Crippen molar-refractivity contribution in [3.63, 3.8) is 0 Å². The van der Waals surface area contributed by atoms with Gasteiger partial charge in [0.25, 0.3) is 17.1 Å². The lowest BCUT2D eigenvalue weighted by atomic mass is 10.1. The van der Waals surface area contributed by atoms with Crippen molar-refractivity contribution in [3.05, 3.63) is 162 Å². The zero-order valence-corrected chi connectivity index (χ0v) is 39.9. The highest BCUT2D eigenvalue weighted by atomic mass is 16.6. The Morgan fingerprint density at radius 2 is 1.01 bits per heavy atom. The van der Waals surface area contributed by atoms with E-state index in [1.165, 1.54) is 30.3 Å². The van der Waals surface area contributed by atoms with E-state index in [-0.39, 0.29) is 76.0 Å². The predicted octanol–water partition coefficient (Wildman–Crippen LogP) is 8.63. The molecule has 0 radical (unpaired) electrons. The largest absolute Gasteiger partial charge is 0.506 e. The summed E-state index contributed by atoms with van der Waals surface area (Å²) in [6.07, 6.45) is -0.244. The number of allylic oxidation sites excluding steroid dienone is 1. The molecule has 5 rings (SSSR count). The fraction of sp³-hybridized carbons (Fsp3) is 0.271. The number of non-ortho nitro benzene ring substituents is 3. The van der Waals surface area contributed by atoms with Gasteiger partial charge in [0, 0.05) is 24.1 Å². The first kappa shape index (κ1) is 57.2. The Labute approximate surface area is 412 Å². The van der Waals surface area contributed by atoms with Gasteiger partial charge in [-0.1, -0.05) is 74.5 Å². The summed E-state index contributed by atoms with van der Waals surface area (Å²) in [5.74, 6) is 0.171. The number of phenols is 3. The summed E-state index contributed by atoms with van der Waals surface area (Å²) in [5, 5.41) is 75.8. The molecule has 2 atom stereocenters. The number of nitrogens with one attached hydrogen (secondary N) is 6. The molecule has 5 aromatic carbocycles. The number of hydrogen-bond donors (Lipinski definition) is 9. The molecule has 6 amide bonds. The van der Waals surface area contributed by atoms with Crippen molar-refractivity contribution in [2.45, 2.75) is 72.4 Å². The third kappa shape index (κ3) is 19.8. The number of phenolic OH excluding ortho intramolecular Hbond substituents is 3. The van der Waals surface area contributed by atoms with E-state index in [1.54, 1.807) is 40.6 Å². The van der Waals surface area contributed by atoms with Gasteiger partial charge in [-0.2, -0.15) is 0 Å². The molecule has 5 aromatic rings. The van der Waals surface area contributed by atoms with Crippen LogP contribution in [-0.2, 0) is 27.5 Å². The maximum atomic E-state index is 12.1. The number of aromatic hydroxyl groups is 3. The van der Waals surface area contributed by atoms with E-state index in [1.807, 2.05) is 67.6 Å². The molecular weight excluding hydrogens is 943 g/mol. The third-order valence-electron chi connectivity index (χ3n) is 9.70. The summed E-state index contributed by atoms with van der Waals surface area (Å²) in [7, 11) is 0. The van der Waals surface area contributed by atoms with E-state index in [0.29, 0.717) is 13.2 Å². The van der Waals surface area contributed by atoms with Crippen molar-refractivity contribution in [2.24, 2.45) is 5.92 Å². The first-order valence-corrected chi connectivity index (χ1v) is 21.7. The molecule has 0 aliphatic carbocycles. The van der Waals surface area contributed by atoms with E-state index < -0.39 is 44.2 Å². The van der Waals surface area contributed by atoms with Crippen LogP contribution in [0.1, 0.15) is 52.7 Å². The lowest BCUT2D eigenvalue weighted by Gasteiger charge is -2.26. The molecule has 24 heteroatoms. The number of ether oxygens (including phenoxy) is 2. The standard InChI is InChI=1S/2C18H21N3O5.C12H13N3O5/c1-18(2,12-26-11-13-6-4-3-5-7-13)20-17(23)19-15-9-8-14(21(24)25)10-16(15)22;1-12(13(2)26-11-14-6-4-3-5-7-14)19-18(23)20-16-9-8-15(21(24)25)10-17(16)22;1-7(2)10(6-16)14-12(18)13-9-4-3-8(15(19)20)5-11(9)17/h3-10,22H,11-12H2,1-2H3,(H2,19,20,23);3-10,12-13,22H,11H2,1-2H3,(H2,19,20,23);3-5,7,17H,1-2H3,(H2,13,14,18). The van der Waals surface area contributed by atoms with Crippen LogP contribution >= 0.6 is 0 Å². The van der Waals surface area contributed by atoms with Gasteiger partial charge < -0.3 is 56.7 Å². The van der Waals surface area contributed by atoms with E-state index >= 15 is 0 Å². The van der Waals surface area contributed by atoms with Crippen LogP contribution in [0.5, 0.6) is 17.2 Å². The number of amides is 6. The quantitative estimate of drug-likeness (QED) is 0.0172. The maximum absolute atomic E-state index is 12.1. The van der Waals surface area contributed by atoms with Crippen molar-refractivity contribution < 1.29 is 58.7 Å². The maximum Gasteiger partial charge on any atom is 0.324 e. The second-order valence-electron chi connectivity index (χ2n) is 16.5. The number of nitro benzene ring substituents is 3. The first-order valence-electron chi connectivity index (χ1n) is 21.7. The second kappa shape index (κ2) is 27.8. The molecule has 0 aliphatic rings. The van der Waals surface area contributed by atoms with Crippen molar-refractivity contribution in [1.29, 1.82) is 0 Å². The van der Waals surface area contributed by atoms with Crippen LogP contribution in [0.15, 0.2) is 121 Å². The van der Waals surface area contributed by atoms with Crippen molar-refractivity contribution >= 4 is 58.2 Å². The molecule has 9 N–H and O–H groups in total. The Bertz CT molecular complexity index is 2720. The Balaban J connectivity index is 0.000000288. The first-order chi connectivity index (χ1) is 34.0. The fourth-order valence-electron chi connectivity index (χ4n) is 5.71. The minimum absolute atomic E-state index is 0.0119. The van der Waals surface area contributed by atoms with Gasteiger partial charge in [0.2, 0.25) is 0 Å². The normalized spacial score (nSPS) is 11.3. The van der Waals surface area contributed by atoms with Gasteiger partial charge in [0.05, 0.1) is 87.5 Å². The molecule has 0 spiro atoms. The molecule has 0 saturated carbocycles. The predicted molar refractivity (Wildman–Crippen MR) is 265 cm³/mol. The number of rotatable bonds is 18. The van der Waals surface area contributed by atoms with E-state index in [9.17, 15) is 64.8 Å². The number of carbonyl (C=O) groups is 3. The Kier molecular flexibility index (Phi) is 22.1. The molecule has 0 aliphatic heterocycles. The topological polar surface area (TPSA) is 349 Å². The van der Waals surface area contributed by atoms with Crippen LogP contribution in [0.2, 0.25) is 0 Å². The number of urea groups is 3. The number of nitro groups is 3. The third-order valence-corrected chi connectivity index (χ3v) is 9.70. The molecule has 0 saturated heterocycles. The number of hydrogen-bond acceptors (Lipinski definition) is 15. The van der Waals surface area contributed by atoms with Gasteiger partial charge in [-0.05, 0) is 57.0 Å². The van der Waals surface area contributed by atoms with Gasteiger partial charge in [-0.3, -0.25) is 30.3 Å². The van der Waals surface area contributed by atoms with Crippen molar-refractivity contribution in [1.82, 2.24) is 16.0 Å². The van der Waals surface area contributed by atoms with E-state index in [2.05, 4.69) is 31.9 Å². The smallest absolute Gasteiger partial charge is 0.324 e. The van der Waals surface area contributed by atoms with Crippen LogP contribution in [0.3, 0.4) is 0 Å². The average molecular weight is 998 g/mol. The molecule has 24 nitrogen and oxygen atoms in total. The number of nitrogens with zero attached hydrogens (tertiary/aromatic N) is 3. The molecule has 0 aromatic heterocycles. The second-order valence-corrected chi connectivity index (χ2v) is 16.5. The van der Waals surface area contributed by atoms with Gasteiger partial charge in [-0.15, -0.1) is 0 Å². The lowest BCUT2D eigenvalue weighted by Crippen LogP contribution is -2.48. The van der Waals surface area contributed by atoms with E-state index in [0.717, 1.165) is 35.4 Å². The zero-order chi connectivity index (χ0) is 53.5. The number of anilines is 3. The Morgan fingerprint density at radius 3 is 1.40 bits per heavy atom. The fourth-order valence-corrected chi connectivity index (χ4v) is 5.71.